The van der Waals surface area contributed by atoms with Crippen molar-refractivity contribution < 1.29 is 23.8 Å². The van der Waals surface area contributed by atoms with Crippen molar-refractivity contribution in [2.45, 2.75) is 6.42 Å². The van der Waals surface area contributed by atoms with Gasteiger partial charge in [0, 0.05) is 16.1 Å². The minimum Gasteiger partial charge on any atom is -0.497 e. The first kappa shape index (κ1) is 21.0. The zero-order chi connectivity index (χ0) is 22.0. The molecule has 4 rings (SSSR count). The fourth-order valence-electron chi connectivity index (χ4n) is 3.07. The molecule has 1 heterocycles. The molecule has 0 atom stereocenters. The van der Waals surface area contributed by atoms with Crippen LogP contribution in [0.2, 0.25) is 10.0 Å². The Morgan fingerprint density at radius 1 is 1.00 bits per heavy atom. The van der Waals surface area contributed by atoms with Crippen LogP contribution < -0.4 is 14.2 Å². The van der Waals surface area contributed by atoms with E-state index in [0.29, 0.717) is 32.7 Å². The Morgan fingerprint density at radius 3 is 2.45 bits per heavy atom. The van der Waals surface area contributed by atoms with Crippen LogP contribution in [0.4, 0.5) is 0 Å². The van der Waals surface area contributed by atoms with Gasteiger partial charge in [-0.25, -0.2) is 0 Å². The summed E-state index contributed by atoms with van der Waals surface area (Å²) in [4.78, 5) is 24.9. The van der Waals surface area contributed by atoms with Crippen LogP contribution in [0.25, 0.3) is 6.08 Å². The van der Waals surface area contributed by atoms with Crippen molar-refractivity contribution >= 4 is 41.0 Å². The van der Waals surface area contributed by atoms with Crippen molar-refractivity contribution in [3.8, 4) is 17.2 Å². The maximum atomic E-state index is 12.6. The zero-order valence-corrected chi connectivity index (χ0v) is 17.9. The molecule has 7 heteroatoms. The number of carbonyl (C=O) groups excluding carboxylic acids is 2. The molecule has 0 aliphatic carbocycles. The maximum absolute atomic E-state index is 12.6. The van der Waals surface area contributed by atoms with Gasteiger partial charge in [0.25, 0.3) is 0 Å². The number of ketones is 1. The molecule has 0 fully saturated rings. The maximum Gasteiger partial charge on any atom is 0.315 e. The largest absolute Gasteiger partial charge is 0.497 e. The number of halogens is 2. The second kappa shape index (κ2) is 8.84. The quantitative estimate of drug-likeness (QED) is 0.278. The lowest BCUT2D eigenvalue weighted by Gasteiger charge is -2.06. The first-order chi connectivity index (χ1) is 14.9. The highest BCUT2D eigenvalue weighted by Gasteiger charge is 2.28. The Hall–Kier alpha value is -3.28. The van der Waals surface area contributed by atoms with E-state index >= 15 is 0 Å². The molecule has 156 valence electrons. The monoisotopic (exact) mass is 454 g/mol. The molecule has 0 N–H and O–H groups in total. The molecule has 0 bridgehead atoms. The Bertz CT molecular complexity index is 1200. The molecule has 0 spiro atoms. The van der Waals surface area contributed by atoms with Crippen molar-refractivity contribution in [3.63, 3.8) is 0 Å². The standard InChI is InChI=1S/C24H16Cl2O5/c1-29-17-6-2-14(3-7-17)10-23(27)30-18-8-9-19-21(13-18)31-22(24(19)28)11-15-4-5-16(25)12-20(15)26/h2-9,11-13H,10H2,1H3/b22-11-. The molecule has 1 aliphatic rings. The van der Waals surface area contributed by atoms with Crippen LogP contribution >= 0.6 is 23.2 Å². The van der Waals surface area contributed by atoms with Gasteiger partial charge in [-0.15, -0.1) is 0 Å². The van der Waals surface area contributed by atoms with Gasteiger partial charge in [-0.1, -0.05) is 41.4 Å². The molecule has 0 radical (unpaired) electrons. The summed E-state index contributed by atoms with van der Waals surface area (Å²) in [6.45, 7) is 0. The molecule has 5 nitrogen and oxygen atoms in total. The van der Waals surface area contributed by atoms with E-state index in [1.165, 1.54) is 6.07 Å². The Balaban J connectivity index is 1.47. The summed E-state index contributed by atoms with van der Waals surface area (Å²) < 4.78 is 16.2. The van der Waals surface area contributed by atoms with Crippen molar-refractivity contribution in [3.05, 3.63) is 93.2 Å². The lowest BCUT2D eigenvalue weighted by molar-refractivity contribution is -0.133. The van der Waals surface area contributed by atoms with Gasteiger partial charge >= 0.3 is 5.97 Å². The van der Waals surface area contributed by atoms with Crippen molar-refractivity contribution in [2.75, 3.05) is 7.11 Å². The van der Waals surface area contributed by atoms with Crippen LogP contribution in [-0.4, -0.2) is 18.9 Å². The van der Waals surface area contributed by atoms with E-state index in [-0.39, 0.29) is 23.7 Å². The number of hydrogen-bond donors (Lipinski definition) is 0. The van der Waals surface area contributed by atoms with E-state index in [9.17, 15) is 9.59 Å². The highest BCUT2D eigenvalue weighted by molar-refractivity contribution is 6.35. The smallest absolute Gasteiger partial charge is 0.315 e. The molecule has 3 aromatic rings. The molecule has 3 aromatic carbocycles. The average molecular weight is 455 g/mol. The summed E-state index contributed by atoms with van der Waals surface area (Å²) in [5.41, 5.74) is 1.78. The predicted octanol–water partition coefficient (Wildman–Crippen LogP) is 5.77. The minimum atomic E-state index is -0.432. The van der Waals surface area contributed by atoms with Crippen LogP contribution in [0.15, 0.2) is 66.4 Å². The Kier molecular flexibility index (Phi) is 5.98. The van der Waals surface area contributed by atoms with Gasteiger partial charge in [-0.2, -0.15) is 0 Å². The predicted molar refractivity (Wildman–Crippen MR) is 118 cm³/mol. The number of rotatable bonds is 5. The number of fused-ring (bicyclic) bond motifs is 1. The molecule has 31 heavy (non-hydrogen) atoms. The fraction of sp³-hybridized carbons (Fsp3) is 0.0833. The van der Waals surface area contributed by atoms with Crippen LogP contribution in [0.5, 0.6) is 17.2 Å². The van der Waals surface area contributed by atoms with Gasteiger partial charge in [0.2, 0.25) is 5.78 Å². The van der Waals surface area contributed by atoms with E-state index in [2.05, 4.69) is 0 Å². The Morgan fingerprint density at radius 2 is 1.74 bits per heavy atom. The normalized spacial score (nSPS) is 13.6. The minimum absolute atomic E-state index is 0.0983. The van der Waals surface area contributed by atoms with Gasteiger partial charge in [-0.05, 0) is 53.6 Å². The lowest BCUT2D eigenvalue weighted by Crippen LogP contribution is -2.11. The van der Waals surface area contributed by atoms with Crippen LogP contribution in [-0.2, 0) is 11.2 Å². The van der Waals surface area contributed by atoms with E-state index in [1.54, 1.807) is 67.8 Å². The second-order valence-corrected chi connectivity index (χ2v) is 7.61. The molecule has 0 aromatic heterocycles. The van der Waals surface area contributed by atoms with Gasteiger partial charge in [0.05, 0.1) is 19.1 Å². The molecular formula is C24H16Cl2O5. The lowest BCUT2D eigenvalue weighted by atomic mass is 10.1. The second-order valence-electron chi connectivity index (χ2n) is 6.76. The first-order valence-electron chi connectivity index (χ1n) is 9.30. The van der Waals surface area contributed by atoms with Gasteiger partial charge in [-0.3, -0.25) is 9.59 Å². The molecule has 0 amide bonds. The third kappa shape index (κ3) is 4.74. The number of methoxy groups -OCH3 is 1. The van der Waals surface area contributed by atoms with Crippen LogP contribution in [0.1, 0.15) is 21.5 Å². The van der Waals surface area contributed by atoms with Gasteiger partial charge in [0.15, 0.2) is 5.76 Å². The van der Waals surface area contributed by atoms with E-state index in [1.807, 2.05) is 0 Å². The van der Waals surface area contributed by atoms with Crippen molar-refractivity contribution in [2.24, 2.45) is 0 Å². The van der Waals surface area contributed by atoms with Crippen molar-refractivity contribution in [1.82, 2.24) is 0 Å². The number of Topliss-reactive ketones (excluding diaryl/α,β-unsaturated/α-hetero) is 1. The average Bonchev–Trinajstić information content (AvgIpc) is 3.05. The number of ether oxygens (including phenoxy) is 3. The molecule has 1 aliphatic heterocycles. The number of esters is 1. The van der Waals surface area contributed by atoms with Crippen LogP contribution in [0.3, 0.4) is 0 Å². The van der Waals surface area contributed by atoms with Gasteiger partial charge in [0.1, 0.15) is 17.2 Å². The zero-order valence-electron chi connectivity index (χ0n) is 16.4. The fourth-order valence-corrected chi connectivity index (χ4v) is 3.53. The number of allylic oxidation sites excluding steroid dienone is 1. The summed E-state index contributed by atoms with van der Waals surface area (Å²) in [6.07, 6.45) is 1.65. The molecular weight excluding hydrogens is 439 g/mol. The third-order valence-electron chi connectivity index (χ3n) is 4.63. The summed E-state index contributed by atoms with van der Waals surface area (Å²) >= 11 is 12.1. The van der Waals surface area contributed by atoms with E-state index < -0.39 is 5.97 Å². The number of hydrogen-bond acceptors (Lipinski definition) is 5. The molecule has 0 unspecified atom stereocenters. The highest BCUT2D eigenvalue weighted by atomic mass is 35.5. The summed E-state index contributed by atoms with van der Waals surface area (Å²) in [5, 5.41) is 0.899. The number of carbonyl (C=O) groups is 2. The topological polar surface area (TPSA) is 61.8 Å². The summed E-state index contributed by atoms with van der Waals surface area (Å²) in [7, 11) is 1.58. The molecule has 0 saturated heterocycles. The van der Waals surface area contributed by atoms with Gasteiger partial charge < -0.3 is 14.2 Å². The summed E-state index contributed by atoms with van der Waals surface area (Å²) in [5.74, 6) is 0.726. The Labute approximate surface area is 188 Å². The van der Waals surface area contributed by atoms with Crippen molar-refractivity contribution in [1.29, 1.82) is 0 Å². The third-order valence-corrected chi connectivity index (χ3v) is 5.19. The summed E-state index contributed by atoms with van der Waals surface area (Å²) in [6, 6.07) is 16.7. The van der Waals surface area contributed by atoms with E-state index in [0.717, 1.165) is 5.56 Å². The SMILES string of the molecule is COc1ccc(CC(=O)Oc2ccc3c(c2)O/C(=C\c2ccc(Cl)cc2Cl)C3=O)cc1. The number of benzene rings is 3. The van der Waals surface area contributed by atoms with E-state index in [4.69, 9.17) is 37.4 Å². The highest BCUT2D eigenvalue weighted by Crippen LogP contribution is 2.36. The molecule has 0 saturated carbocycles. The first-order valence-corrected chi connectivity index (χ1v) is 10.1. The van der Waals surface area contributed by atoms with Crippen LogP contribution in [0, 0.1) is 0 Å².